The Balaban J connectivity index is 1.99. The number of halogens is 1. The molecule has 1 atom stereocenters. The van der Waals surface area contributed by atoms with Crippen LogP contribution in [0.15, 0.2) is 42.5 Å². The van der Waals surface area contributed by atoms with Crippen LogP contribution in [-0.4, -0.2) is 35.2 Å². The second kappa shape index (κ2) is 8.16. The Kier molecular flexibility index (Phi) is 6.18. The molecule has 0 saturated carbocycles. The molecule has 0 saturated heterocycles. The normalized spacial score (nSPS) is 12.9. The van der Waals surface area contributed by atoms with Crippen LogP contribution >= 0.6 is 11.6 Å². The Morgan fingerprint density at radius 1 is 1.31 bits per heavy atom. The summed E-state index contributed by atoms with van der Waals surface area (Å²) in [5.74, 6) is 0.203. The van der Waals surface area contributed by atoms with Crippen LogP contribution < -0.4 is 10.1 Å². The first-order valence-corrected chi connectivity index (χ1v) is 8.17. The lowest BCUT2D eigenvalue weighted by molar-refractivity contribution is -0.384. The van der Waals surface area contributed by atoms with Crippen molar-refractivity contribution < 1.29 is 19.6 Å². The Morgan fingerprint density at radius 3 is 2.50 bits per heavy atom. The van der Waals surface area contributed by atoms with E-state index in [0.717, 1.165) is 17.4 Å². The maximum atomic E-state index is 12.2. The van der Waals surface area contributed by atoms with Gasteiger partial charge in [0.15, 0.2) is 0 Å². The van der Waals surface area contributed by atoms with E-state index in [9.17, 15) is 20.0 Å². The SMILES string of the molecule is COc1ccc(CC(C)(O)CNC(=O)c2ccc([N+](=O)[O-])cc2Cl)cc1. The molecule has 0 radical (unpaired) electrons. The van der Waals surface area contributed by atoms with E-state index in [2.05, 4.69) is 5.32 Å². The van der Waals surface area contributed by atoms with Gasteiger partial charge in [-0.05, 0) is 30.7 Å². The predicted molar refractivity (Wildman–Crippen MR) is 97.8 cm³/mol. The zero-order chi connectivity index (χ0) is 19.3. The minimum absolute atomic E-state index is 0.00875. The van der Waals surface area contributed by atoms with Gasteiger partial charge in [-0.3, -0.25) is 14.9 Å². The fourth-order valence-electron chi connectivity index (χ4n) is 2.41. The molecule has 2 aromatic rings. The van der Waals surface area contributed by atoms with E-state index in [0.29, 0.717) is 6.42 Å². The second-order valence-corrected chi connectivity index (χ2v) is 6.53. The van der Waals surface area contributed by atoms with Gasteiger partial charge in [0, 0.05) is 25.1 Å². The molecule has 1 unspecified atom stereocenters. The Labute approximate surface area is 155 Å². The Morgan fingerprint density at radius 2 is 1.96 bits per heavy atom. The van der Waals surface area contributed by atoms with Gasteiger partial charge in [0.2, 0.25) is 0 Å². The van der Waals surface area contributed by atoms with E-state index in [1.54, 1.807) is 26.2 Å². The highest BCUT2D eigenvalue weighted by Crippen LogP contribution is 2.23. The predicted octanol–water partition coefficient (Wildman–Crippen LogP) is 2.98. The molecule has 2 aromatic carbocycles. The first-order chi connectivity index (χ1) is 12.2. The van der Waals surface area contributed by atoms with E-state index in [1.165, 1.54) is 12.1 Å². The molecule has 1 amide bonds. The van der Waals surface area contributed by atoms with Crippen LogP contribution in [0.2, 0.25) is 5.02 Å². The van der Waals surface area contributed by atoms with E-state index in [4.69, 9.17) is 16.3 Å². The molecule has 0 aliphatic carbocycles. The number of ether oxygens (including phenoxy) is 1. The summed E-state index contributed by atoms with van der Waals surface area (Å²) in [6.07, 6.45) is 0.325. The first kappa shape index (κ1) is 19.7. The molecule has 0 aliphatic rings. The lowest BCUT2D eigenvalue weighted by Crippen LogP contribution is -2.42. The number of nitrogens with zero attached hydrogens (tertiary/aromatic N) is 1. The lowest BCUT2D eigenvalue weighted by atomic mass is 9.96. The molecule has 8 heteroatoms. The summed E-state index contributed by atoms with van der Waals surface area (Å²) in [4.78, 5) is 22.4. The van der Waals surface area contributed by atoms with Gasteiger partial charge in [-0.2, -0.15) is 0 Å². The van der Waals surface area contributed by atoms with E-state index >= 15 is 0 Å². The van der Waals surface area contributed by atoms with Crippen molar-refractivity contribution >= 4 is 23.2 Å². The fraction of sp³-hybridized carbons (Fsp3) is 0.278. The highest BCUT2D eigenvalue weighted by atomic mass is 35.5. The minimum atomic E-state index is -1.18. The van der Waals surface area contributed by atoms with Crippen molar-refractivity contribution in [1.82, 2.24) is 5.32 Å². The maximum Gasteiger partial charge on any atom is 0.270 e. The summed E-state index contributed by atoms with van der Waals surface area (Å²) in [5.41, 5.74) is -0.383. The van der Waals surface area contributed by atoms with Crippen molar-refractivity contribution in [2.45, 2.75) is 18.9 Å². The molecule has 0 fully saturated rings. The van der Waals surface area contributed by atoms with Crippen LogP contribution in [0.1, 0.15) is 22.8 Å². The molecular formula is C18H19ClN2O5. The van der Waals surface area contributed by atoms with Gasteiger partial charge in [0.1, 0.15) is 5.75 Å². The quantitative estimate of drug-likeness (QED) is 0.569. The molecular weight excluding hydrogens is 360 g/mol. The summed E-state index contributed by atoms with van der Waals surface area (Å²) in [7, 11) is 1.57. The van der Waals surface area contributed by atoms with Crippen LogP contribution in [-0.2, 0) is 6.42 Å². The highest BCUT2D eigenvalue weighted by molar-refractivity contribution is 6.34. The van der Waals surface area contributed by atoms with Crippen LogP contribution in [0.25, 0.3) is 0 Å². The molecule has 0 aliphatic heterocycles. The van der Waals surface area contributed by atoms with Crippen molar-refractivity contribution in [2.24, 2.45) is 0 Å². The van der Waals surface area contributed by atoms with Gasteiger partial charge in [0.25, 0.3) is 11.6 Å². The maximum absolute atomic E-state index is 12.2. The number of carbonyl (C=O) groups is 1. The molecule has 0 aromatic heterocycles. The van der Waals surface area contributed by atoms with Crippen molar-refractivity contribution in [1.29, 1.82) is 0 Å². The van der Waals surface area contributed by atoms with E-state index in [1.807, 2.05) is 12.1 Å². The van der Waals surface area contributed by atoms with Gasteiger partial charge in [0.05, 0.1) is 28.2 Å². The third-order valence-electron chi connectivity index (χ3n) is 3.78. The number of nitro groups is 1. The second-order valence-electron chi connectivity index (χ2n) is 6.13. The van der Waals surface area contributed by atoms with Gasteiger partial charge in [-0.25, -0.2) is 0 Å². The minimum Gasteiger partial charge on any atom is -0.497 e. The monoisotopic (exact) mass is 378 g/mol. The van der Waals surface area contributed by atoms with Crippen molar-refractivity contribution in [3.05, 3.63) is 68.7 Å². The molecule has 7 nitrogen and oxygen atoms in total. The number of hydrogen-bond acceptors (Lipinski definition) is 5. The van der Waals surface area contributed by atoms with Crippen LogP contribution in [0.4, 0.5) is 5.69 Å². The zero-order valence-corrected chi connectivity index (χ0v) is 15.1. The topological polar surface area (TPSA) is 102 Å². The third kappa shape index (κ3) is 5.18. The third-order valence-corrected chi connectivity index (χ3v) is 4.09. The summed E-state index contributed by atoms with van der Waals surface area (Å²) < 4.78 is 5.09. The number of non-ortho nitro benzene ring substituents is 1. The van der Waals surface area contributed by atoms with Crippen LogP contribution in [0.3, 0.4) is 0 Å². The summed E-state index contributed by atoms with van der Waals surface area (Å²) in [5, 5.41) is 23.8. The number of methoxy groups -OCH3 is 1. The standard InChI is InChI=1S/C18H19ClN2O5/c1-18(23,10-12-3-6-14(26-2)7-4-12)11-20-17(22)15-8-5-13(21(24)25)9-16(15)19/h3-9,23H,10-11H2,1-2H3,(H,20,22). The smallest absolute Gasteiger partial charge is 0.270 e. The molecule has 0 spiro atoms. The summed E-state index contributed by atoms with van der Waals surface area (Å²) >= 11 is 5.94. The highest BCUT2D eigenvalue weighted by Gasteiger charge is 2.23. The van der Waals surface area contributed by atoms with E-state index < -0.39 is 16.4 Å². The lowest BCUT2D eigenvalue weighted by Gasteiger charge is -2.24. The fourth-order valence-corrected chi connectivity index (χ4v) is 2.67. The average Bonchev–Trinajstić information content (AvgIpc) is 2.60. The average molecular weight is 379 g/mol. The van der Waals surface area contributed by atoms with Gasteiger partial charge in [-0.15, -0.1) is 0 Å². The largest absolute Gasteiger partial charge is 0.497 e. The molecule has 0 bridgehead atoms. The first-order valence-electron chi connectivity index (χ1n) is 7.79. The molecule has 2 rings (SSSR count). The molecule has 0 heterocycles. The Bertz CT molecular complexity index is 806. The van der Waals surface area contributed by atoms with Gasteiger partial charge < -0.3 is 15.2 Å². The van der Waals surface area contributed by atoms with Crippen LogP contribution in [0, 0.1) is 10.1 Å². The van der Waals surface area contributed by atoms with Gasteiger partial charge >= 0.3 is 0 Å². The summed E-state index contributed by atoms with van der Waals surface area (Å²) in [6, 6.07) is 10.9. The van der Waals surface area contributed by atoms with Crippen molar-refractivity contribution in [3.63, 3.8) is 0 Å². The number of rotatable bonds is 7. The van der Waals surface area contributed by atoms with E-state index in [-0.39, 0.29) is 22.8 Å². The number of nitro benzene ring substituents is 1. The number of nitrogens with one attached hydrogen (secondary N) is 1. The van der Waals surface area contributed by atoms with Gasteiger partial charge in [-0.1, -0.05) is 23.7 Å². The van der Waals surface area contributed by atoms with Crippen LogP contribution in [0.5, 0.6) is 5.75 Å². The Hall–Kier alpha value is -2.64. The van der Waals surface area contributed by atoms with Crippen molar-refractivity contribution in [2.75, 3.05) is 13.7 Å². The molecule has 2 N–H and O–H groups in total. The summed E-state index contributed by atoms with van der Waals surface area (Å²) in [6.45, 7) is 1.60. The number of carbonyl (C=O) groups excluding carboxylic acids is 1. The number of amides is 1. The van der Waals surface area contributed by atoms with Crippen molar-refractivity contribution in [3.8, 4) is 5.75 Å². The molecule has 26 heavy (non-hydrogen) atoms. The molecule has 138 valence electrons. The zero-order valence-electron chi connectivity index (χ0n) is 14.4. The number of benzene rings is 2. The number of aliphatic hydroxyl groups is 1. The number of hydrogen-bond donors (Lipinski definition) is 2.